The summed E-state index contributed by atoms with van der Waals surface area (Å²) in [7, 11) is 0. The summed E-state index contributed by atoms with van der Waals surface area (Å²) in [6, 6.07) is 10.5. The topological polar surface area (TPSA) is 83.4 Å². The maximum Gasteiger partial charge on any atom is 0.321 e. The second-order valence-electron chi connectivity index (χ2n) is 4.17. The van der Waals surface area contributed by atoms with Crippen molar-refractivity contribution in [2.24, 2.45) is 0 Å². The number of anilines is 1. The van der Waals surface area contributed by atoms with Crippen molar-refractivity contribution in [2.45, 2.75) is 6.54 Å². The monoisotopic (exact) mass is 399 g/mol. The Morgan fingerprint density at radius 1 is 1.14 bits per heavy atom. The minimum absolute atomic E-state index is 0.0226. The van der Waals surface area contributed by atoms with Crippen molar-refractivity contribution >= 4 is 40.2 Å². The summed E-state index contributed by atoms with van der Waals surface area (Å²) in [4.78, 5) is 23.1. The molecule has 110 valence electrons. The van der Waals surface area contributed by atoms with E-state index in [4.69, 9.17) is 4.42 Å². The molecule has 7 heteroatoms. The summed E-state index contributed by atoms with van der Waals surface area (Å²) in [5.74, 6) is 0.208. The molecule has 21 heavy (non-hydrogen) atoms. The van der Waals surface area contributed by atoms with Crippen molar-refractivity contribution in [3.8, 4) is 0 Å². The number of hydrogen-bond acceptors (Lipinski definition) is 4. The molecule has 0 spiro atoms. The summed E-state index contributed by atoms with van der Waals surface area (Å²) in [5.41, 5.74) is 0.821. The molecular weight excluding hydrogens is 385 g/mol. The number of nitrogens with one attached hydrogen (secondary N) is 3. The van der Waals surface area contributed by atoms with E-state index in [-0.39, 0.29) is 13.1 Å². The SMILES string of the molecule is O=C(CNc1ccc(I)cc1)NC(=O)NCc1ccco1. The molecular formula is C14H14IN3O3. The van der Waals surface area contributed by atoms with Crippen LogP contribution >= 0.6 is 22.6 Å². The predicted octanol–water partition coefficient (Wildman–Crippen LogP) is 2.32. The van der Waals surface area contributed by atoms with Crippen LogP contribution in [0.15, 0.2) is 47.1 Å². The van der Waals surface area contributed by atoms with E-state index < -0.39 is 11.9 Å². The zero-order valence-electron chi connectivity index (χ0n) is 11.1. The van der Waals surface area contributed by atoms with E-state index in [9.17, 15) is 9.59 Å². The normalized spacial score (nSPS) is 9.95. The third-order valence-electron chi connectivity index (χ3n) is 2.55. The molecule has 3 N–H and O–H groups in total. The first-order valence-corrected chi connectivity index (χ1v) is 7.31. The molecule has 2 rings (SSSR count). The van der Waals surface area contributed by atoms with Gasteiger partial charge < -0.3 is 15.1 Å². The van der Waals surface area contributed by atoms with Gasteiger partial charge in [0.25, 0.3) is 0 Å². The number of carbonyl (C=O) groups is 2. The highest BCUT2D eigenvalue weighted by atomic mass is 127. The summed E-state index contributed by atoms with van der Waals surface area (Å²) in [5, 5.41) is 7.69. The maximum absolute atomic E-state index is 11.6. The Kier molecular flexibility index (Phi) is 5.61. The lowest BCUT2D eigenvalue weighted by atomic mass is 10.3. The molecule has 1 heterocycles. The predicted molar refractivity (Wildman–Crippen MR) is 86.7 cm³/mol. The summed E-state index contributed by atoms with van der Waals surface area (Å²) in [6.07, 6.45) is 1.52. The molecule has 0 bridgehead atoms. The third kappa shape index (κ3) is 5.46. The number of halogens is 1. The van der Waals surface area contributed by atoms with E-state index in [2.05, 4.69) is 38.5 Å². The Balaban J connectivity index is 1.68. The molecule has 0 aliphatic heterocycles. The fraction of sp³-hybridized carbons (Fsp3) is 0.143. The molecule has 0 saturated carbocycles. The van der Waals surface area contributed by atoms with Gasteiger partial charge in [-0.3, -0.25) is 10.1 Å². The van der Waals surface area contributed by atoms with Gasteiger partial charge in [0.2, 0.25) is 5.91 Å². The maximum atomic E-state index is 11.6. The van der Waals surface area contributed by atoms with Gasteiger partial charge in [-0.15, -0.1) is 0 Å². The van der Waals surface area contributed by atoms with Crippen molar-refractivity contribution in [1.29, 1.82) is 0 Å². The van der Waals surface area contributed by atoms with Crippen molar-refractivity contribution in [3.05, 3.63) is 52.0 Å². The van der Waals surface area contributed by atoms with Gasteiger partial charge in [-0.05, 0) is 59.0 Å². The molecule has 2 aromatic rings. The van der Waals surface area contributed by atoms with Gasteiger partial charge in [0.05, 0.1) is 19.4 Å². The third-order valence-corrected chi connectivity index (χ3v) is 3.27. The number of hydrogen-bond donors (Lipinski definition) is 3. The molecule has 0 atom stereocenters. The van der Waals surface area contributed by atoms with E-state index in [1.165, 1.54) is 6.26 Å². The fourth-order valence-electron chi connectivity index (χ4n) is 1.55. The van der Waals surface area contributed by atoms with E-state index >= 15 is 0 Å². The highest BCUT2D eigenvalue weighted by Crippen LogP contribution is 2.10. The van der Waals surface area contributed by atoms with E-state index in [1.54, 1.807) is 12.1 Å². The number of urea groups is 1. The van der Waals surface area contributed by atoms with Gasteiger partial charge in [0.15, 0.2) is 0 Å². The first-order chi connectivity index (χ1) is 10.1. The first-order valence-electron chi connectivity index (χ1n) is 6.23. The van der Waals surface area contributed by atoms with Crippen molar-refractivity contribution in [3.63, 3.8) is 0 Å². The van der Waals surface area contributed by atoms with Crippen LogP contribution in [0, 0.1) is 3.57 Å². The molecule has 0 aliphatic rings. The molecule has 1 aromatic carbocycles. The minimum atomic E-state index is -0.555. The average molecular weight is 399 g/mol. The quantitative estimate of drug-likeness (QED) is 0.674. The van der Waals surface area contributed by atoms with E-state index in [0.29, 0.717) is 5.76 Å². The first kappa shape index (κ1) is 15.4. The molecule has 0 radical (unpaired) electrons. The largest absolute Gasteiger partial charge is 0.467 e. The molecule has 0 aliphatic carbocycles. The molecule has 3 amide bonds. The van der Waals surface area contributed by atoms with Crippen LogP contribution in [0.2, 0.25) is 0 Å². The van der Waals surface area contributed by atoms with Crippen LogP contribution in [0.1, 0.15) is 5.76 Å². The van der Waals surface area contributed by atoms with Crippen LogP contribution < -0.4 is 16.0 Å². The van der Waals surface area contributed by atoms with Crippen LogP contribution in [0.25, 0.3) is 0 Å². The van der Waals surface area contributed by atoms with Crippen LogP contribution in [-0.2, 0) is 11.3 Å². The summed E-state index contributed by atoms with van der Waals surface area (Å²) in [6.45, 7) is 0.255. The average Bonchev–Trinajstić information content (AvgIpc) is 2.98. The van der Waals surface area contributed by atoms with Gasteiger partial charge in [-0.1, -0.05) is 0 Å². The zero-order chi connectivity index (χ0) is 15.1. The molecule has 0 saturated heterocycles. The lowest BCUT2D eigenvalue weighted by Crippen LogP contribution is -2.41. The number of imide groups is 1. The standard InChI is InChI=1S/C14H14IN3O3/c15-10-3-5-11(6-4-10)16-9-13(19)18-14(20)17-8-12-2-1-7-21-12/h1-7,16H,8-9H2,(H2,17,18,19,20). The summed E-state index contributed by atoms with van der Waals surface area (Å²) >= 11 is 2.20. The van der Waals surface area contributed by atoms with Gasteiger partial charge in [0, 0.05) is 9.26 Å². The fourth-order valence-corrected chi connectivity index (χ4v) is 1.91. The number of carbonyl (C=O) groups excluding carboxylic acids is 2. The second kappa shape index (κ2) is 7.67. The van der Waals surface area contributed by atoms with Crippen LogP contribution in [-0.4, -0.2) is 18.5 Å². The van der Waals surface area contributed by atoms with Crippen LogP contribution in [0.5, 0.6) is 0 Å². The number of benzene rings is 1. The highest BCUT2D eigenvalue weighted by molar-refractivity contribution is 14.1. The second-order valence-corrected chi connectivity index (χ2v) is 5.42. The van der Waals surface area contributed by atoms with E-state index in [0.717, 1.165) is 9.26 Å². The lowest BCUT2D eigenvalue weighted by molar-refractivity contribution is -0.118. The van der Waals surface area contributed by atoms with Crippen molar-refractivity contribution in [2.75, 3.05) is 11.9 Å². The highest BCUT2D eigenvalue weighted by Gasteiger charge is 2.07. The Labute approximate surface area is 135 Å². The Morgan fingerprint density at radius 2 is 1.90 bits per heavy atom. The zero-order valence-corrected chi connectivity index (χ0v) is 13.2. The molecule has 1 aromatic heterocycles. The number of rotatable bonds is 5. The Hall–Kier alpha value is -2.03. The van der Waals surface area contributed by atoms with Crippen LogP contribution in [0.3, 0.4) is 0 Å². The lowest BCUT2D eigenvalue weighted by Gasteiger charge is -2.07. The van der Waals surface area contributed by atoms with E-state index in [1.807, 2.05) is 24.3 Å². The Morgan fingerprint density at radius 3 is 2.57 bits per heavy atom. The Bertz CT molecular complexity index is 596. The number of amides is 3. The minimum Gasteiger partial charge on any atom is -0.467 e. The van der Waals surface area contributed by atoms with Gasteiger partial charge in [0.1, 0.15) is 5.76 Å². The molecule has 6 nitrogen and oxygen atoms in total. The summed E-state index contributed by atoms with van der Waals surface area (Å²) < 4.78 is 6.17. The smallest absolute Gasteiger partial charge is 0.321 e. The molecule has 0 fully saturated rings. The van der Waals surface area contributed by atoms with Gasteiger partial charge in [-0.25, -0.2) is 4.79 Å². The number of furan rings is 1. The molecule has 0 unspecified atom stereocenters. The van der Waals surface area contributed by atoms with Gasteiger partial charge >= 0.3 is 6.03 Å². The van der Waals surface area contributed by atoms with Crippen molar-refractivity contribution in [1.82, 2.24) is 10.6 Å². The van der Waals surface area contributed by atoms with Crippen molar-refractivity contribution < 1.29 is 14.0 Å². The van der Waals surface area contributed by atoms with Crippen LogP contribution in [0.4, 0.5) is 10.5 Å². The van der Waals surface area contributed by atoms with Gasteiger partial charge in [-0.2, -0.15) is 0 Å².